The molecule has 1 atom stereocenters. The molecule has 3 fully saturated rings. The Morgan fingerprint density at radius 3 is 2.31 bits per heavy atom. The summed E-state index contributed by atoms with van der Waals surface area (Å²) >= 11 is 0. The Hall–Kier alpha value is -1.59. The van der Waals surface area contributed by atoms with Gasteiger partial charge in [-0.25, -0.2) is 0 Å². The van der Waals surface area contributed by atoms with Gasteiger partial charge in [-0.2, -0.15) is 0 Å². The third-order valence-corrected chi connectivity index (χ3v) is 5.93. The number of hydrogen-bond donors (Lipinski definition) is 1. The van der Waals surface area contributed by atoms with E-state index < -0.39 is 0 Å². The molecule has 0 aromatic heterocycles. The van der Waals surface area contributed by atoms with E-state index in [1.807, 2.05) is 30.6 Å². The van der Waals surface area contributed by atoms with Crippen LogP contribution in [0.4, 0.5) is 0 Å². The summed E-state index contributed by atoms with van der Waals surface area (Å²) in [6, 6.07) is 0.434. The molecule has 0 unspecified atom stereocenters. The number of carbonyl (C=O) groups is 3. The number of carbonyl (C=O) groups excluding carboxylic acids is 3. The highest BCUT2D eigenvalue weighted by Gasteiger charge is 2.41. The van der Waals surface area contributed by atoms with Crippen LogP contribution < -0.4 is 5.32 Å². The van der Waals surface area contributed by atoms with Crippen molar-refractivity contribution in [3.05, 3.63) is 0 Å². The molecule has 6 heteroatoms. The van der Waals surface area contributed by atoms with Crippen LogP contribution in [-0.4, -0.2) is 58.7 Å². The average Bonchev–Trinajstić information content (AvgIpc) is 3.30. The minimum absolute atomic E-state index is 0.0902. The van der Waals surface area contributed by atoms with Gasteiger partial charge in [0.2, 0.25) is 17.7 Å². The molecule has 2 heterocycles. The van der Waals surface area contributed by atoms with Crippen molar-refractivity contribution < 1.29 is 14.4 Å². The van der Waals surface area contributed by atoms with Crippen LogP contribution >= 0.6 is 0 Å². The van der Waals surface area contributed by atoms with Crippen LogP contribution in [0, 0.1) is 11.8 Å². The van der Waals surface area contributed by atoms with Crippen molar-refractivity contribution in [2.75, 3.05) is 19.6 Å². The normalized spacial score (nSPS) is 24.9. The van der Waals surface area contributed by atoms with Gasteiger partial charge in [0.25, 0.3) is 0 Å². The summed E-state index contributed by atoms with van der Waals surface area (Å²) in [4.78, 5) is 40.6. The molecule has 1 saturated carbocycles. The summed E-state index contributed by atoms with van der Waals surface area (Å²) in [5.41, 5.74) is -0.222. The predicted octanol–water partition coefficient (Wildman–Crippen LogP) is 1.93. The van der Waals surface area contributed by atoms with E-state index in [0.717, 1.165) is 45.2 Å². The van der Waals surface area contributed by atoms with Crippen LogP contribution in [0.15, 0.2) is 0 Å². The number of nitrogens with one attached hydrogen (secondary N) is 1. The van der Waals surface area contributed by atoms with Crippen molar-refractivity contribution in [2.45, 2.75) is 77.3 Å². The fourth-order valence-electron chi connectivity index (χ4n) is 4.08. The molecule has 2 saturated heterocycles. The highest BCUT2D eigenvalue weighted by atomic mass is 16.2. The quantitative estimate of drug-likeness (QED) is 0.811. The lowest BCUT2D eigenvalue weighted by molar-refractivity contribution is -0.137. The first-order valence-corrected chi connectivity index (χ1v) is 10.1. The standard InChI is InChI=1S/C20H33N3O3/c1-20(2,3)23-13-15(12-18(23)25)19(26)22-10-8-14(9-11-22)4-7-17(24)21-16-5-6-16/h14-16H,4-13H2,1-3H3,(H,21,24)/t15-/m0/s1. The first kappa shape index (κ1) is 19.2. The lowest BCUT2D eigenvalue weighted by Crippen LogP contribution is -2.45. The van der Waals surface area contributed by atoms with E-state index in [1.54, 1.807) is 0 Å². The second-order valence-electron chi connectivity index (χ2n) is 9.23. The number of likely N-dealkylation sites (tertiary alicyclic amines) is 2. The minimum Gasteiger partial charge on any atom is -0.353 e. The maximum absolute atomic E-state index is 12.8. The van der Waals surface area contributed by atoms with Crippen LogP contribution in [-0.2, 0) is 14.4 Å². The van der Waals surface area contributed by atoms with Crippen molar-refractivity contribution in [2.24, 2.45) is 11.8 Å². The van der Waals surface area contributed by atoms with E-state index in [-0.39, 0.29) is 29.2 Å². The molecular weight excluding hydrogens is 330 g/mol. The zero-order chi connectivity index (χ0) is 18.9. The molecule has 3 aliphatic rings. The van der Waals surface area contributed by atoms with Crippen molar-refractivity contribution in [1.29, 1.82) is 0 Å². The van der Waals surface area contributed by atoms with Gasteiger partial charge < -0.3 is 15.1 Å². The fourth-order valence-corrected chi connectivity index (χ4v) is 4.08. The maximum Gasteiger partial charge on any atom is 0.227 e. The molecule has 6 nitrogen and oxygen atoms in total. The smallest absolute Gasteiger partial charge is 0.227 e. The van der Waals surface area contributed by atoms with Gasteiger partial charge in [0.1, 0.15) is 0 Å². The second kappa shape index (κ2) is 7.57. The molecule has 3 rings (SSSR count). The molecule has 2 aliphatic heterocycles. The molecule has 146 valence electrons. The topological polar surface area (TPSA) is 69.7 Å². The largest absolute Gasteiger partial charge is 0.353 e. The molecule has 0 aromatic rings. The Bertz CT molecular complexity index is 557. The van der Waals surface area contributed by atoms with Crippen molar-refractivity contribution in [3.8, 4) is 0 Å². The van der Waals surface area contributed by atoms with Crippen molar-refractivity contribution in [1.82, 2.24) is 15.1 Å². The Labute approximate surface area is 156 Å². The van der Waals surface area contributed by atoms with Crippen LogP contribution in [0.3, 0.4) is 0 Å². The maximum atomic E-state index is 12.8. The highest BCUT2D eigenvalue weighted by molar-refractivity contribution is 5.89. The van der Waals surface area contributed by atoms with E-state index >= 15 is 0 Å². The van der Waals surface area contributed by atoms with Gasteiger partial charge in [-0.05, 0) is 58.8 Å². The number of amides is 3. The molecule has 3 amide bonds. The molecule has 1 N–H and O–H groups in total. The SMILES string of the molecule is CC(C)(C)N1C[C@@H](C(=O)N2CCC(CCC(=O)NC3CC3)CC2)CC1=O. The second-order valence-corrected chi connectivity index (χ2v) is 9.23. The van der Waals surface area contributed by atoms with E-state index in [9.17, 15) is 14.4 Å². The molecule has 0 aromatic carbocycles. The number of hydrogen-bond acceptors (Lipinski definition) is 3. The van der Waals surface area contributed by atoms with E-state index in [2.05, 4.69) is 5.32 Å². The summed E-state index contributed by atoms with van der Waals surface area (Å²) in [5, 5.41) is 3.04. The van der Waals surface area contributed by atoms with E-state index in [4.69, 9.17) is 0 Å². The Balaban J connectivity index is 1.41. The van der Waals surface area contributed by atoms with Crippen LogP contribution in [0.1, 0.15) is 65.7 Å². The Kier molecular flexibility index (Phi) is 5.58. The Morgan fingerprint density at radius 2 is 1.77 bits per heavy atom. The summed E-state index contributed by atoms with van der Waals surface area (Å²) in [7, 11) is 0. The summed E-state index contributed by atoms with van der Waals surface area (Å²) < 4.78 is 0. The molecule has 0 radical (unpaired) electrons. The van der Waals surface area contributed by atoms with Gasteiger partial charge in [-0.1, -0.05) is 0 Å². The van der Waals surface area contributed by atoms with Crippen LogP contribution in [0.5, 0.6) is 0 Å². The van der Waals surface area contributed by atoms with Crippen LogP contribution in [0.25, 0.3) is 0 Å². The lowest BCUT2D eigenvalue weighted by atomic mass is 9.91. The van der Waals surface area contributed by atoms with Gasteiger partial charge in [0.15, 0.2) is 0 Å². The van der Waals surface area contributed by atoms with Gasteiger partial charge in [0, 0.05) is 44.1 Å². The molecular formula is C20H33N3O3. The predicted molar refractivity (Wildman–Crippen MR) is 99.3 cm³/mol. The third-order valence-electron chi connectivity index (χ3n) is 5.93. The van der Waals surface area contributed by atoms with Gasteiger partial charge in [0.05, 0.1) is 5.92 Å². The molecule has 0 bridgehead atoms. The first-order valence-electron chi connectivity index (χ1n) is 10.1. The first-order chi connectivity index (χ1) is 12.2. The molecule has 0 spiro atoms. The lowest BCUT2D eigenvalue weighted by Gasteiger charge is -2.34. The van der Waals surface area contributed by atoms with Gasteiger partial charge in [-0.3, -0.25) is 14.4 Å². The third kappa shape index (κ3) is 4.77. The summed E-state index contributed by atoms with van der Waals surface area (Å²) in [6.45, 7) is 8.11. The number of rotatable bonds is 5. The zero-order valence-corrected chi connectivity index (χ0v) is 16.4. The van der Waals surface area contributed by atoms with Gasteiger partial charge in [-0.15, -0.1) is 0 Å². The zero-order valence-electron chi connectivity index (χ0n) is 16.4. The van der Waals surface area contributed by atoms with E-state index in [1.165, 1.54) is 0 Å². The van der Waals surface area contributed by atoms with Crippen molar-refractivity contribution in [3.63, 3.8) is 0 Å². The monoisotopic (exact) mass is 363 g/mol. The van der Waals surface area contributed by atoms with E-state index in [0.29, 0.717) is 31.3 Å². The molecule has 26 heavy (non-hydrogen) atoms. The van der Waals surface area contributed by atoms with Crippen LogP contribution in [0.2, 0.25) is 0 Å². The highest BCUT2D eigenvalue weighted by Crippen LogP contribution is 2.29. The summed E-state index contributed by atoms with van der Waals surface area (Å²) in [6.07, 6.45) is 6.05. The Morgan fingerprint density at radius 1 is 1.12 bits per heavy atom. The minimum atomic E-state index is -0.222. The number of piperidine rings is 1. The fraction of sp³-hybridized carbons (Fsp3) is 0.850. The van der Waals surface area contributed by atoms with Gasteiger partial charge >= 0.3 is 0 Å². The average molecular weight is 364 g/mol. The number of nitrogens with zero attached hydrogens (tertiary/aromatic N) is 2. The summed E-state index contributed by atoms with van der Waals surface area (Å²) in [5.74, 6) is 0.739. The van der Waals surface area contributed by atoms with Crippen molar-refractivity contribution >= 4 is 17.7 Å². The molecule has 1 aliphatic carbocycles.